The summed E-state index contributed by atoms with van der Waals surface area (Å²) in [6, 6.07) is 16.0. The van der Waals surface area contributed by atoms with Gasteiger partial charge in [-0.25, -0.2) is 4.79 Å². The Kier molecular flexibility index (Phi) is 4.91. The van der Waals surface area contributed by atoms with Crippen LogP contribution in [0.5, 0.6) is 0 Å². The van der Waals surface area contributed by atoms with Gasteiger partial charge in [0.25, 0.3) is 0 Å². The van der Waals surface area contributed by atoms with Gasteiger partial charge in [0.2, 0.25) is 0 Å². The highest BCUT2D eigenvalue weighted by Crippen LogP contribution is 2.21. The molecule has 2 aromatic carbocycles. The smallest absolute Gasteiger partial charge is 0.321 e. The Bertz CT molecular complexity index is 838. The Morgan fingerprint density at radius 3 is 2.40 bits per heavy atom. The first-order valence-corrected chi connectivity index (χ1v) is 9.33. The Hall–Kier alpha value is -2.58. The molecule has 1 fully saturated rings. The van der Waals surface area contributed by atoms with Gasteiger partial charge in [-0.2, -0.15) is 12.7 Å². The second kappa shape index (κ2) is 7.12. The third-order valence-electron chi connectivity index (χ3n) is 3.94. The van der Waals surface area contributed by atoms with Crippen LogP contribution in [0.1, 0.15) is 5.56 Å². The van der Waals surface area contributed by atoms with Crippen molar-refractivity contribution < 1.29 is 13.2 Å². The second-order valence-corrected chi connectivity index (χ2v) is 7.56. The molecule has 0 spiro atoms. The van der Waals surface area contributed by atoms with E-state index >= 15 is 0 Å². The molecule has 2 amide bonds. The van der Waals surface area contributed by atoms with E-state index in [2.05, 4.69) is 10.0 Å². The van der Waals surface area contributed by atoms with Gasteiger partial charge in [-0.3, -0.25) is 9.62 Å². The van der Waals surface area contributed by atoms with Crippen LogP contribution in [0.25, 0.3) is 0 Å². The summed E-state index contributed by atoms with van der Waals surface area (Å²) in [6.45, 7) is 1.49. The number of nitrogens with one attached hydrogen (secondary N) is 2. The van der Waals surface area contributed by atoms with Crippen LogP contribution in [0, 0.1) is 0 Å². The van der Waals surface area contributed by atoms with Crippen LogP contribution in [-0.4, -0.2) is 38.9 Å². The van der Waals surface area contributed by atoms with Gasteiger partial charge in [-0.05, 0) is 29.8 Å². The molecule has 0 radical (unpaired) electrons. The van der Waals surface area contributed by atoms with E-state index < -0.39 is 10.2 Å². The van der Waals surface area contributed by atoms with E-state index in [1.165, 1.54) is 11.4 Å². The second-order valence-electron chi connectivity index (χ2n) is 5.78. The minimum absolute atomic E-state index is 0.143. The molecular weight excluding hydrogens is 340 g/mol. The van der Waals surface area contributed by atoms with Crippen LogP contribution in [0.15, 0.2) is 54.6 Å². The minimum atomic E-state index is -3.66. The molecule has 2 N–H and O–H groups in total. The maximum atomic E-state index is 12.4. The van der Waals surface area contributed by atoms with Crippen LogP contribution in [-0.2, 0) is 16.8 Å². The van der Waals surface area contributed by atoms with Gasteiger partial charge in [-0.15, -0.1) is 0 Å². The molecule has 0 aromatic heterocycles. The Morgan fingerprint density at radius 2 is 1.80 bits per heavy atom. The Morgan fingerprint density at radius 1 is 1.12 bits per heavy atom. The van der Waals surface area contributed by atoms with E-state index in [9.17, 15) is 13.2 Å². The quantitative estimate of drug-likeness (QED) is 0.827. The topological polar surface area (TPSA) is 81.8 Å². The third kappa shape index (κ3) is 4.09. The molecule has 3 rings (SSSR count). The van der Waals surface area contributed by atoms with Gasteiger partial charge < -0.3 is 5.32 Å². The first kappa shape index (κ1) is 17.2. The van der Waals surface area contributed by atoms with Crippen LogP contribution in [0.3, 0.4) is 0 Å². The van der Waals surface area contributed by atoms with Gasteiger partial charge in [0.05, 0.1) is 0 Å². The fourth-order valence-corrected chi connectivity index (χ4v) is 3.49. The van der Waals surface area contributed by atoms with Crippen molar-refractivity contribution in [2.75, 3.05) is 29.8 Å². The summed E-state index contributed by atoms with van der Waals surface area (Å²) in [5.41, 5.74) is 2.09. The highest BCUT2D eigenvalue weighted by molar-refractivity contribution is 7.90. The number of urea groups is 1. The van der Waals surface area contributed by atoms with Crippen molar-refractivity contribution in [2.24, 2.45) is 0 Å². The third-order valence-corrected chi connectivity index (χ3v) is 5.38. The number of hydrogen-bond donors (Lipinski definition) is 2. The van der Waals surface area contributed by atoms with Crippen molar-refractivity contribution in [1.82, 2.24) is 9.62 Å². The number of carbonyl (C=O) groups excluding carboxylic acids is 1. The van der Waals surface area contributed by atoms with Crippen LogP contribution < -0.4 is 14.9 Å². The summed E-state index contributed by atoms with van der Waals surface area (Å²) in [7, 11) is -2.14. The lowest BCUT2D eigenvalue weighted by Gasteiger charge is -2.19. The van der Waals surface area contributed by atoms with Gasteiger partial charge in [0.1, 0.15) is 0 Å². The number of benzene rings is 2. The van der Waals surface area contributed by atoms with Gasteiger partial charge in [-0.1, -0.05) is 30.3 Å². The number of rotatable bonds is 6. The lowest BCUT2D eigenvalue weighted by Crippen LogP contribution is -2.32. The molecule has 25 heavy (non-hydrogen) atoms. The van der Waals surface area contributed by atoms with Crippen molar-refractivity contribution >= 4 is 27.6 Å². The van der Waals surface area contributed by atoms with Gasteiger partial charge >= 0.3 is 16.2 Å². The van der Waals surface area contributed by atoms with Crippen LogP contribution >= 0.6 is 0 Å². The molecule has 7 nitrogen and oxygen atoms in total. The van der Waals surface area contributed by atoms with E-state index in [4.69, 9.17) is 0 Å². The van der Waals surface area contributed by atoms with Crippen molar-refractivity contribution in [3.05, 3.63) is 60.2 Å². The zero-order chi connectivity index (χ0) is 17.9. The van der Waals surface area contributed by atoms with E-state index in [0.29, 0.717) is 18.8 Å². The monoisotopic (exact) mass is 360 g/mol. The van der Waals surface area contributed by atoms with Gasteiger partial charge in [0, 0.05) is 38.1 Å². The summed E-state index contributed by atoms with van der Waals surface area (Å²) in [6.07, 6.45) is 0. The largest absolute Gasteiger partial charge is 0.336 e. The molecule has 8 heteroatoms. The standard InChI is InChI=1S/C17H20N4O3S/c1-20(13-14-5-3-2-4-6-14)25(23,24)19-15-7-9-16(10-8-15)21-12-11-18-17(21)22/h2-10,19H,11-13H2,1H3,(H,18,22). The lowest BCUT2D eigenvalue weighted by molar-refractivity contribution is 0.252. The predicted molar refractivity (Wildman–Crippen MR) is 97.6 cm³/mol. The molecular formula is C17H20N4O3S. The summed E-state index contributed by atoms with van der Waals surface area (Å²) >= 11 is 0. The molecule has 1 heterocycles. The molecule has 0 aliphatic carbocycles. The minimum Gasteiger partial charge on any atom is -0.336 e. The average molecular weight is 360 g/mol. The molecule has 1 aliphatic rings. The molecule has 0 atom stereocenters. The van der Waals surface area contributed by atoms with Crippen LogP contribution in [0.4, 0.5) is 16.2 Å². The number of carbonyl (C=O) groups is 1. The zero-order valence-electron chi connectivity index (χ0n) is 13.8. The van der Waals surface area contributed by atoms with Crippen LogP contribution in [0.2, 0.25) is 0 Å². The van der Waals surface area contributed by atoms with Crippen molar-refractivity contribution in [3.8, 4) is 0 Å². The first-order valence-electron chi connectivity index (χ1n) is 7.89. The van der Waals surface area contributed by atoms with E-state index in [1.807, 2.05) is 30.3 Å². The molecule has 1 aliphatic heterocycles. The molecule has 0 bridgehead atoms. The molecule has 1 saturated heterocycles. The fourth-order valence-electron chi connectivity index (χ4n) is 2.58. The highest BCUT2D eigenvalue weighted by Gasteiger charge is 2.21. The van der Waals surface area contributed by atoms with E-state index in [1.54, 1.807) is 29.2 Å². The molecule has 132 valence electrons. The lowest BCUT2D eigenvalue weighted by atomic mass is 10.2. The summed E-state index contributed by atoms with van der Waals surface area (Å²) in [4.78, 5) is 13.3. The summed E-state index contributed by atoms with van der Waals surface area (Å²) in [5.74, 6) is 0. The SMILES string of the molecule is CN(Cc1ccccc1)S(=O)(=O)Nc1ccc(N2CCNC2=O)cc1. The average Bonchev–Trinajstić information content (AvgIpc) is 3.02. The van der Waals surface area contributed by atoms with Crippen molar-refractivity contribution in [3.63, 3.8) is 0 Å². The summed E-state index contributed by atoms with van der Waals surface area (Å²) < 4.78 is 28.7. The molecule has 2 aromatic rings. The zero-order valence-corrected chi connectivity index (χ0v) is 14.7. The molecule has 0 saturated carbocycles. The Balaban J connectivity index is 1.67. The number of hydrogen-bond acceptors (Lipinski definition) is 3. The number of amides is 2. The maximum absolute atomic E-state index is 12.4. The maximum Gasteiger partial charge on any atom is 0.321 e. The van der Waals surface area contributed by atoms with Gasteiger partial charge in [0.15, 0.2) is 0 Å². The van der Waals surface area contributed by atoms with E-state index in [0.717, 1.165) is 11.3 Å². The van der Waals surface area contributed by atoms with Crippen molar-refractivity contribution in [1.29, 1.82) is 0 Å². The fraction of sp³-hybridized carbons (Fsp3) is 0.235. The number of nitrogens with zero attached hydrogens (tertiary/aromatic N) is 2. The highest BCUT2D eigenvalue weighted by atomic mass is 32.2. The van der Waals surface area contributed by atoms with Crippen molar-refractivity contribution in [2.45, 2.75) is 6.54 Å². The molecule has 0 unspecified atom stereocenters. The first-order chi connectivity index (χ1) is 12.0. The summed E-state index contributed by atoms with van der Waals surface area (Å²) in [5, 5.41) is 2.73. The Labute approximate surface area is 147 Å². The van der Waals surface area contributed by atoms with E-state index in [-0.39, 0.29) is 12.6 Å². The predicted octanol–water partition coefficient (Wildman–Crippen LogP) is 2.00. The normalized spacial score (nSPS) is 14.6. The number of anilines is 2.